The summed E-state index contributed by atoms with van der Waals surface area (Å²) in [6.45, 7) is 2.06. The first-order chi connectivity index (χ1) is 16.1. The van der Waals surface area contributed by atoms with Crippen molar-refractivity contribution < 1.29 is 9.59 Å². The average Bonchev–Trinajstić information content (AvgIpc) is 3.27. The maximum Gasteiger partial charge on any atom is 0.255 e. The number of halogens is 1. The third kappa shape index (κ3) is 5.13. The molecule has 4 aromatic rings. The highest BCUT2D eigenvalue weighted by Gasteiger charge is 2.21. The molecule has 7 heteroatoms. The van der Waals surface area contributed by atoms with Gasteiger partial charge in [-0.1, -0.05) is 72.3 Å². The molecule has 0 radical (unpaired) electrons. The van der Waals surface area contributed by atoms with E-state index in [2.05, 4.69) is 10.3 Å². The van der Waals surface area contributed by atoms with Crippen LogP contribution in [0.5, 0.6) is 0 Å². The number of hydrogen-bond donors (Lipinski definition) is 1. The van der Waals surface area contributed by atoms with Gasteiger partial charge in [-0.25, -0.2) is 4.98 Å². The summed E-state index contributed by atoms with van der Waals surface area (Å²) in [7, 11) is 0. The molecule has 1 N–H and O–H groups in total. The molecular formula is C26H23ClN4O2. The first kappa shape index (κ1) is 22.3. The Morgan fingerprint density at radius 3 is 2.24 bits per heavy atom. The van der Waals surface area contributed by atoms with Crippen LogP contribution in [-0.2, 0) is 4.79 Å². The van der Waals surface area contributed by atoms with Crippen LogP contribution in [0.3, 0.4) is 0 Å². The van der Waals surface area contributed by atoms with E-state index >= 15 is 0 Å². The van der Waals surface area contributed by atoms with Crippen LogP contribution >= 0.6 is 11.6 Å². The van der Waals surface area contributed by atoms with E-state index in [1.54, 1.807) is 24.3 Å². The molecule has 33 heavy (non-hydrogen) atoms. The maximum absolute atomic E-state index is 12.9. The van der Waals surface area contributed by atoms with Crippen molar-refractivity contribution in [3.63, 3.8) is 0 Å². The van der Waals surface area contributed by atoms with Gasteiger partial charge in [0.2, 0.25) is 11.9 Å². The van der Waals surface area contributed by atoms with E-state index in [9.17, 15) is 9.59 Å². The number of likely N-dealkylation sites (N-methyl/N-ethyl adjacent to an activating group) is 1. The van der Waals surface area contributed by atoms with Gasteiger partial charge in [-0.3, -0.25) is 19.5 Å². The van der Waals surface area contributed by atoms with E-state index in [1.807, 2.05) is 78.4 Å². The zero-order valence-electron chi connectivity index (χ0n) is 18.1. The molecule has 0 saturated carbocycles. The zero-order chi connectivity index (χ0) is 23.2. The summed E-state index contributed by atoms with van der Waals surface area (Å²) in [5.74, 6) is -0.263. The minimum absolute atomic E-state index is 0.122. The molecule has 166 valence electrons. The van der Waals surface area contributed by atoms with Crippen LogP contribution in [0, 0.1) is 0 Å². The predicted molar refractivity (Wildman–Crippen MR) is 131 cm³/mol. The lowest BCUT2D eigenvalue weighted by Gasteiger charge is -2.21. The van der Waals surface area contributed by atoms with Crippen molar-refractivity contribution in [2.24, 2.45) is 0 Å². The van der Waals surface area contributed by atoms with Crippen LogP contribution < -0.4 is 5.32 Å². The van der Waals surface area contributed by atoms with Gasteiger partial charge < -0.3 is 4.90 Å². The quantitative estimate of drug-likeness (QED) is 0.409. The number of benzene rings is 3. The number of amides is 2. The van der Waals surface area contributed by atoms with Crippen molar-refractivity contribution in [2.45, 2.75) is 6.92 Å². The molecule has 0 aliphatic rings. The lowest BCUT2D eigenvalue weighted by atomic mass is 10.2. The average molecular weight is 459 g/mol. The van der Waals surface area contributed by atoms with Crippen molar-refractivity contribution in [3.05, 3.63) is 102 Å². The summed E-state index contributed by atoms with van der Waals surface area (Å²) >= 11 is 6.17. The number of anilines is 1. The smallest absolute Gasteiger partial charge is 0.255 e. The number of nitrogens with one attached hydrogen (secondary N) is 1. The molecule has 2 amide bonds. The molecule has 0 aliphatic heterocycles. The monoisotopic (exact) mass is 458 g/mol. The fourth-order valence-electron chi connectivity index (χ4n) is 3.47. The first-order valence-electron chi connectivity index (χ1n) is 10.6. The molecule has 0 bridgehead atoms. The largest absolute Gasteiger partial charge is 0.330 e. The molecule has 4 rings (SSSR count). The van der Waals surface area contributed by atoms with Crippen LogP contribution in [0.25, 0.3) is 16.9 Å². The zero-order valence-corrected chi connectivity index (χ0v) is 18.9. The number of carbonyl (C=O) groups excluding carboxylic acids is 2. The molecule has 3 aromatic carbocycles. The van der Waals surface area contributed by atoms with Crippen molar-refractivity contribution in [2.75, 3.05) is 18.4 Å². The molecule has 0 aliphatic carbocycles. The Morgan fingerprint density at radius 2 is 1.58 bits per heavy atom. The Hall–Kier alpha value is -3.90. The summed E-state index contributed by atoms with van der Waals surface area (Å²) in [5.41, 5.74) is 2.90. The molecule has 1 aromatic heterocycles. The number of nitrogens with zero attached hydrogens (tertiary/aromatic N) is 3. The van der Waals surface area contributed by atoms with E-state index in [0.29, 0.717) is 23.1 Å². The van der Waals surface area contributed by atoms with Crippen LogP contribution in [-0.4, -0.2) is 39.4 Å². The van der Waals surface area contributed by atoms with Crippen LogP contribution in [0.4, 0.5) is 5.95 Å². The van der Waals surface area contributed by atoms with Gasteiger partial charge in [0.1, 0.15) is 6.54 Å². The summed E-state index contributed by atoms with van der Waals surface area (Å²) in [6, 6.07) is 26.2. The summed E-state index contributed by atoms with van der Waals surface area (Å²) in [4.78, 5) is 31.9. The van der Waals surface area contributed by atoms with E-state index < -0.39 is 0 Å². The van der Waals surface area contributed by atoms with Crippen LogP contribution in [0.15, 0.2) is 91.1 Å². The van der Waals surface area contributed by atoms with E-state index in [-0.39, 0.29) is 18.4 Å². The third-order valence-electron chi connectivity index (χ3n) is 5.17. The Balaban J connectivity index is 1.58. The van der Waals surface area contributed by atoms with Gasteiger partial charge in [-0.15, -0.1) is 0 Å². The van der Waals surface area contributed by atoms with Crippen molar-refractivity contribution in [3.8, 4) is 16.9 Å². The molecular weight excluding hydrogens is 436 g/mol. The summed E-state index contributed by atoms with van der Waals surface area (Å²) < 4.78 is 1.83. The topological polar surface area (TPSA) is 67.2 Å². The number of imidazole rings is 1. The highest BCUT2D eigenvalue weighted by atomic mass is 35.5. The summed E-state index contributed by atoms with van der Waals surface area (Å²) in [6.07, 6.45) is 1.88. The molecule has 0 saturated heterocycles. The van der Waals surface area contributed by atoms with E-state index in [1.165, 1.54) is 4.90 Å². The first-order valence-corrected chi connectivity index (χ1v) is 11.0. The fraction of sp³-hybridized carbons (Fsp3) is 0.115. The lowest BCUT2D eigenvalue weighted by Crippen LogP contribution is -2.38. The number of rotatable bonds is 7. The highest BCUT2D eigenvalue weighted by molar-refractivity contribution is 6.33. The van der Waals surface area contributed by atoms with Crippen LogP contribution in [0.1, 0.15) is 17.3 Å². The van der Waals surface area contributed by atoms with Crippen molar-refractivity contribution in [1.29, 1.82) is 0 Å². The second-order valence-electron chi connectivity index (χ2n) is 7.37. The SMILES string of the molecule is CCN(CC(=O)Nc1nc(-c2ccccc2)cn1-c1ccccc1)C(=O)c1ccccc1Cl. The molecule has 0 unspecified atom stereocenters. The number of carbonyl (C=O) groups is 2. The minimum Gasteiger partial charge on any atom is -0.330 e. The normalized spacial score (nSPS) is 10.6. The second kappa shape index (κ2) is 10.1. The molecule has 0 fully saturated rings. The van der Waals surface area contributed by atoms with Gasteiger partial charge in [0, 0.05) is 24.0 Å². The lowest BCUT2D eigenvalue weighted by molar-refractivity contribution is -0.116. The molecule has 6 nitrogen and oxygen atoms in total. The second-order valence-corrected chi connectivity index (χ2v) is 7.78. The van der Waals surface area contributed by atoms with Gasteiger partial charge in [0.25, 0.3) is 5.91 Å². The fourth-order valence-corrected chi connectivity index (χ4v) is 3.69. The Kier molecular flexibility index (Phi) is 6.86. The van der Waals surface area contributed by atoms with E-state index in [4.69, 9.17) is 11.6 Å². The number of aromatic nitrogens is 2. The van der Waals surface area contributed by atoms with Crippen molar-refractivity contribution in [1.82, 2.24) is 14.5 Å². The standard InChI is InChI=1S/C26H23ClN4O2/c1-2-30(25(33)21-15-9-10-16-22(21)27)18-24(32)29-26-28-23(19-11-5-3-6-12-19)17-31(26)20-13-7-4-8-14-20/h3-17H,2,18H2,1H3,(H,28,29,32). The molecule has 0 atom stereocenters. The Bertz CT molecular complexity index is 1260. The predicted octanol–water partition coefficient (Wildman–Crippen LogP) is 5.29. The summed E-state index contributed by atoms with van der Waals surface area (Å²) in [5, 5.41) is 3.23. The Labute approximate surface area is 197 Å². The van der Waals surface area contributed by atoms with Crippen LogP contribution in [0.2, 0.25) is 5.02 Å². The van der Waals surface area contributed by atoms with Gasteiger partial charge in [-0.2, -0.15) is 0 Å². The Morgan fingerprint density at radius 1 is 0.939 bits per heavy atom. The minimum atomic E-state index is -0.348. The molecule has 0 spiro atoms. The maximum atomic E-state index is 12.9. The van der Waals surface area contributed by atoms with Gasteiger partial charge in [0.15, 0.2) is 0 Å². The highest BCUT2D eigenvalue weighted by Crippen LogP contribution is 2.24. The number of hydrogen-bond acceptors (Lipinski definition) is 3. The van der Waals surface area contributed by atoms with Gasteiger partial charge >= 0.3 is 0 Å². The molecule has 1 heterocycles. The van der Waals surface area contributed by atoms with E-state index in [0.717, 1.165) is 16.9 Å². The van der Waals surface area contributed by atoms with Gasteiger partial charge in [-0.05, 0) is 31.2 Å². The van der Waals surface area contributed by atoms with Crippen molar-refractivity contribution >= 4 is 29.4 Å². The number of para-hydroxylation sites is 1. The third-order valence-corrected chi connectivity index (χ3v) is 5.50. The van der Waals surface area contributed by atoms with Gasteiger partial charge in [0.05, 0.1) is 16.3 Å².